The molecular weight excluding hydrogens is 372 g/mol. The maximum Gasteiger partial charge on any atom is 0.338 e. The number of rotatable bonds is 8. The van der Waals surface area contributed by atoms with E-state index < -0.39 is 30.1 Å². The SMILES string of the molecule is COc1cc(C(=O)OCC(=O)Nc2ccc(F)c(F)c2)ccc1OCC(C)C. The molecule has 0 atom stereocenters. The van der Waals surface area contributed by atoms with Crippen LogP contribution >= 0.6 is 0 Å². The van der Waals surface area contributed by atoms with Crippen molar-refractivity contribution in [3.8, 4) is 11.5 Å². The molecule has 0 spiro atoms. The third kappa shape index (κ3) is 5.94. The first-order valence-electron chi connectivity index (χ1n) is 8.53. The molecule has 6 nitrogen and oxygen atoms in total. The minimum atomic E-state index is -1.10. The Morgan fingerprint density at radius 1 is 1.04 bits per heavy atom. The predicted octanol–water partition coefficient (Wildman–Crippen LogP) is 3.80. The molecule has 150 valence electrons. The lowest BCUT2D eigenvalue weighted by molar-refractivity contribution is -0.119. The lowest BCUT2D eigenvalue weighted by atomic mass is 10.2. The maximum absolute atomic E-state index is 13.1. The summed E-state index contributed by atoms with van der Waals surface area (Å²) >= 11 is 0. The summed E-state index contributed by atoms with van der Waals surface area (Å²) in [6.07, 6.45) is 0. The van der Waals surface area contributed by atoms with E-state index in [1.807, 2.05) is 13.8 Å². The first-order valence-corrected chi connectivity index (χ1v) is 8.53. The molecule has 0 fully saturated rings. The second kappa shape index (κ2) is 9.68. The van der Waals surface area contributed by atoms with Crippen LogP contribution in [0.15, 0.2) is 36.4 Å². The van der Waals surface area contributed by atoms with Crippen molar-refractivity contribution in [2.45, 2.75) is 13.8 Å². The Labute approximate surface area is 161 Å². The molecule has 2 rings (SSSR count). The fraction of sp³-hybridized carbons (Fsp3) is 0.300. The van der Waals surface area contributed by atoms with Gasteiger partial charge in [-0.15, -0.1) is 0 Å². The van der Waals surface area contributed by atoms with Gasteiger partial charge in [-0.25, -0.2) is 13.6 Å². The number of amides is 1. The topological polar surface area (TPSA) is 73.9 Å². The number of methoxy groups -OCH3 is 1. The second-order valence-electron chi connectivity index (χ2n) is 6.32. The number of carbonyl (C=O) groups is 2. The van der Waals surface area contributed by atoms with Crippen molar-refractivity contribution in [3.05, 3.63) is 53.6 Å². The molecule has 0 radical (unpaired) electrons. The molecule has 2 aromatic carbocycles. The van der Waals surface area contributed by atoms with Gasteiger partial charge >= 0.3 is 5.97 Å². The third-order valence-electron chi connectivity index (χ3n) is 3.51. The molecule has 1 amide bonds. The monoisotopic (exact) mass is 393 g/mol. The van der Waals surface area contributed by atoms with Gasteiger partial charge in [-0.2, -0.15) is 0 Å². The lowest BCUT2D eigenvalue weighted by Gasteiger charge is -2.13. The molecular formula is C20H21F2NO5. The van der Waals surface area contributed by atoms with E-state index in [0.29, 0.717) is 24.0 Å². The van der Waals surface area contributed by atoms with E-state index in [0.717, 1.165) is 12.1 Å². The molecule has 1 N–H and O–H groups in total. The quantitative estimate of drug-likeness (QED) is 0.691. The number of esters is 1. The molecule has 0 aliphatic carbocycles. The summed E-state index contributed by atoms with van der Waals surface area (Å²) < 4.78 is 41.8. The highest BCUT2D eigenvalue weighted by Crippen LogP contribution is 2.28. The third-order valence-corrected chi connectivity index (χ3v) is 3.51. The van der Waals surface area contributed by atoms with Crippen LogP contribution in [-0.4, -0.2) is 32.2 Å². The first-order chi connectivity index (χ1) is 13.3. The van der Waals surface area contributed by atoms with Gasteiger partial charge in [0.15, 0.2) is 29.7 Å². The number of nitrogens with one attached hydrogen (secondary N) is 1. The lowest BCUT2D eigenvalue weighted by Crippen LogP contribution is -2.21. The molecule has 0 aliphatic heterocycles. The predicted molar refractivity (Wildman–Crippen MR) is 98.6 cm³/mol. The summed E-state index contributed by atoms with van der Waals surface area (Å²) in [5.74, 6) is -2.38. The molecule has 0 unspecified atom stereocenters. The van der Waals surface area contributed by atoms with E-state index >= 15 is 0 Å². The molecule has 0 heterocycles. The molecule has 8 heteroatoms. The number of halogens is 2. The number of benzene rings is 2. The van der Waals surface area contributed by atoms with E-state index in [-0.39, 0.29) is 11.3 Å². The number of carbonyl (C=O) groups excluding carboxylic acids is 2. The number of hydrogen-bond donors (Lipinski definition) is 1. The maximum atomic E-state index is 13.1. The minimum Gasteiger partial charge on any atom is -0.493 e. The van der Waals surface area contributed by atoms with Crippen molar-refractivity contribution in [1.82, 2.24) is 0 Å². The molecule has 2 aromatic rings. The van der Waals surface area contributed by atoms with Crippen LogP contribution in [0.2, 0.25) is 0 Å². The zero-order chi connectivity index (χ0) is 20.7. The van der Waals surface area contributed by atoms with Crippen molar-refractivity contribution >= 4 is 17.6 Å². The van der Waals surface area contributed by atoms with Crippen LogP contribution in [-0.2, 0) is 9.53 Å². The van der Waals surface area contributed by atoms with Gasteiger partial charge in [-0.05, 0) is 36.2 Å². The van der Waals surface area contributed by atoms with E-state index in [1.165, 1.54) is 25.3 Å². The number of hydrogen-bond acceptors (Lipinski definition) is 5. The fourth-order valence-corrected chi connectivity index (χ4v) is 2.16. The Kier molecular flexibility index (Phi) is 7.31. The summed E-state index contributed by atoms with van der Waals surface area (Å²) in [5, 5.41) is 2.31. The van der Waals surface area contributed by atoms with Crippen LogP contribution in [0.25, 0.3) is 0 Å². The van der Waals surface area contributed by atoms with Gasteiger partial charge in [0.25, 0.3) is 5.91 Å². The molecule has 0 aliphatic rings. The normalized spacial score (nSPS) is 10.5. The molecule has 28 heavy (non-hydrogen) atoms. The summed E-state index contributed by atoms with van der Waals surface area (Å²) in [5.41, 5.74) is 0.225. The highest BCUT2D eigenvalue weighted by molar-refractivity contribution is 5.95. The Morgan fingerprint density at radius 3 is 2.43 bits per heavy atom. The van der Waals surface area contributed by atoms with E-state index in [4.69, 9.17) is 14.2 Å². The van der Waals surface area contributed by atoms with E-state index in [2.05, 4.69) is 5.32 Å². The van der Waals surface area contributed by atoms with Crippen LogP contribution in [0.1, 0.15) is 24.2 Å². The summed E-state index contributed by atoms with van der Waals surface area (Å²) in [6.45, 7) is 3.91. The van der Waals surface area contributed by atoms with Crippen molar-refractivity contribution in [2.24, 2.45) is 5.92 Å². The Balaban J connectivity index is 1.94. The van der Waals surface area contributed by atoms with Crippen molar-refractivity contribution in [2.75, 3.05) is 25.6 Å². The van der Waals surface area contributed by atoms with Crippen LogP contribution in [0.3, 0.4) is 0 Å². The Morgan fingerprint density at radius 2 is 1.79 bits per heavy atom. The molecule has 0 bridgehead atoms. The van der Waals surface area contributed by atoms with Crippen molar-refractivity contribution < 1.29 is 32.6 Å². The fourth-order valence-electron chi connectivity index (χ4n) is 2.16. The van der Waals surface area contributed by atoms with Gasteiger partial charge in [0.05, 0.1) is 19.3 Å². The first kappa shape index (κ1) is 21.1. The highest BCUT2D eigenvalue weighted by atomic mass is 19.2. The van der Waals surface area contributed by atoms with Crippen molar-refractivity contribution in [1.29, 1.82) is 0 Å². The number of anilines is 1. The van der Waals surface area contributed by atoms with Gasteiger partial charge < -0.3 is 19.5 Å². The van der Waals surface area contributed by atoms with E-state index in [9.17, 15) is 18.4 Å². The van der Waals surface area contributed by atoms with Crippen LogP contribution < -0.4 is 14.8 Å². The van der Waals surface area contributed by atoms with Crippen LogP contribution in [0.4, 0.5) is 14.5 Å². The molecule has 0 saturated heterocycles. The number of ether oxygens (including phenoxy) is 3. The zero-order valence-corrected chi connectivity index (χ0v) is 15.8. The Bertz CT molecular complexity index is 854. The van der Waals surface area contributed by atoms with Gasteiger partial charge in [0, 0.05) is 11.8 Å². The highest BCUT2D eigenvalue weighted by Gasteiger charge is 2.15. The molecule has 0 aromatic heterocycles. The average molecular weight is 393 g/mol. The summed E-state index contributed by atoms with van der Waals surface area (Å²) in [4.78, 5) is 24.0. The van der Waals surface area contributed by atoms with Crippen LogP contribution in [0, 0.1) is 17.6 Å². The Hall–Kier alpha value is -3.16. The smallest absolute Gasteiger partial charge is 0.338 e. The van der Waals surface area contributed by atoms with Gasteiger partial charge in [-0.1, -0.05) is 13.8 Å². The average Bonchev–Trinajstić information content (AvgIpc) is 2.67. The summed E-state index contributed by atoms with van der Waals surface area (Å²) in [7, 11) is 1.45. The summed E-state index contributed by atoms with van der Waals surface area (Å²) in [6, 6.07) is 7.43. The van der Waals surface area contributed by atoms with Gasteiger partial charge in [0.2, 0.25) is 0 Å². The van der Waals surface area contributed by atoms with Gasteiger partial charge in [-0.3, -0.25) is 4.79 Å². The van der Waals surface area contributed by atoms with E-state index in [1.54, 1.807) is 6.07 Å². The minimum absolute atomic E-state index is 0.0493. The van der Waals surface area contributed by atoms with Crippen LogP contribution in [0.5, 0.6) is 11.5 Å². The zero-order valence-electron chi connectivity index (χ0n) is 15.8. The second-order valence-corrected chi connectivity index (χ2v) is 6.32. The largest absolute Gasteiger partial charge is 0.493 e. The standard InChI is InChI=1S/C20H21F2NO5/c1-12(2)10-27-17-7-4-13(8-18(17)26-3)20(25)28-11-19(24)23-14-5-6-15(21)16(22)9-14/h4-9,12H,10-11H2,1-3H3,(H,23,24). The molecule has 0 saturated carbocycles. The van der Waals surface area contributed by atoms with Crippen molar-refractivity contribution in [3.63, 3.8) is 0 Å². The van der Waals surface area contributed by atoms with Gasteiger partial charge in [0.1, 0.15) is 0 Å².